The van der Waals surface area contributed by atoms with Gasteiger partial charge in [-0.3, -0.25) is 15.0 Å². The van der Waals surface area contributed by atoms with Gasteiger partial charge < -0.3 is 10.2 Å². The SMILES string of the molecule is CCNC(=NCC(C)N(C)Cc1ccccc1)N1CCC(c2ncn[nH]2)CC1.I. The van der Waals surface area contributed by atoms with Crippen molar-refractivity contribution in [2.75, 3.05) is 33.2 Å². The Balaban J connectivity index is 0.00000300. The predicted octanol–water partition coefficient (Wildman–Crippen LogP) is 3.09. The van der Waals surface area contributed by atoms with E-state index in [0.29, 0.717) is 12.0 Å². The Morgan fingerprint density at radius 3 is 2.66 bits per heavy atom. The van der Waals surface area contributed by atoms with Crippen molar-refractivity contribution in [1.82, 2.24) is 30.3 Å². The topological polar surface area (TPSA) is 72.4 Å². The van der Waals surface area contributed by atoms with Crippen molar-refractivity contribution in [3.05, 3.63) is 48.0 Å². The molecule has 0 aliphatic carbocycles. The number of guanidine groups is 1. The summed E-state index contributed by atoms with van der Waals surface area (Å²) >= 11 is 0. The van der Waals surface area contributed by atoms with E-state index in [1.165, 1.54) is 5.56 Å². The fourth-order valence-corrected chi connectivity index (χ4v) is 3.59. The maximum atomic E-state index is 4.94. The molecule has 7 nitrogen and oxygen atoms in total. The smallest absolute Gasteiger partial charge is 0.193 e. The van der Waals surface area contributed by atoms with Gasteiger partial charge in [-0.1, -0.05) is 30.3 Å². The highest BCUT2D eigenvalue weighted by Crippen LogP contribution is 2.24. The Kier molecular flexibility index (Phi) is 9.86. The highest BCUT2D eigenvalue weighted by Gasteiger charge is 2.24. The van der Waals surface area contributed by atoms with E-state index >= 15 is 0 Å². The molecule has 0 saturated carbocycles. The van der Waals surface area contributed by atoms with E-state index in [2.05, 4.69) is 81.5 Å². The fraction of sp³-hybridized carbons (Fsp3) is 0.571. The lowest BCUT2D eigenvalue weighted by Crippen LogP contribution is -2.46. The minimum atomic E-state index is 0. The Morgan fingerprint density at radius 1 is 1.31 bits per heavy atom. The van der Waals surface area contributed by atoms with Crippen LogP contribution in [-0.4, -0.2) is 70.2 Å². The van der Waals surface area contributed by atoms with Crippen LogP contribution in [0.25, 0.3) is 0 Å². The number of rotatable bonds is 7. The van der Waals surface area contributed by atoms with Crippen LogP contribution in [0.4, 0.5) is 0 Å². The highest BCUT2D eigenvalue weighted by atomic mass is 127. The Bertz CT molecular complexity index is 712. The molecule has 8 heteroatoms. The number of nitrogens with one attached hydrogen (secondary N) is 2. The lowest BCUT2D eigenvalue weighted by atomic mass is 9.96. The standard InChI is InChI=1S/C21H33N7.HI/c1-4-22-21(28-12-10-19(11-13-28)20-24-16-25-26-20)23-14-17(2)27(3)15-18-8-6-5-7-9-18;/h5-9,16-17,19H,4,10-15H2,1-3H3,(H,22,23)(H,24,25,26);1H. The van der Waals surface area contributed by atoms with Gasteiger partial charge in [0.15, 0.2) is 5.96 Å². The van der Waals surface area contributed by atoms with Crippen LogP contribution in [0, 0.1) is 0 Å². The Morgan fingerprint density at radius 2 is 2.03 bits per heavy atom. The van der Waals surface area contributed by atoms with Crippen LogP contribution >= 0.6 is 24.0 Å². The van der Waals surface area contributed by atoms with E-state index in [0.717, 1.165) is 57.3 Å². The van der Waals surface area contributed by atoms with Gasteiger partial charge in [0.1, 0.15) is 12.2 Å². The van der Waals surface area contributed by atoms with Gasteiger partial charge >= 0.3 is 0 Å². The Hall–Kier alpha value is -1.68. The number of hydrogen-bond donors (Lipinski definition) is 2. The van der Waals surface area contributed by atoms with Gasteiger partial charge in [-0.2, -0.15) is 5.10 Å². The average Bonchev–Trinajstić information content (AvgIpc) is 3.26. The van der Waals surface area contributed by atoms with Crippen LogP contribution in [0.1, 0.15) is 44.0 Å². The van der Waals surface area contributed by atoms with E-state index in [1.807, 2.05) is 0 Å². The van der Waals surface area contributed by atoms with Gasteiger partial charge in [-0.25, -0.2) is 4.98 Å². The summed E-state index contributed by atoms with van der Waals surface area (Å²) in [5.41, 5.74) is 1.34. The molecule has 1 aliphatic heterocycles. The highest BCUT2D eigenvalue weighted by molar-refractivity contribution is 14.0. The zero-order chi connectivity index (χ0) is 19.8. The van der Waals surface area contributed by atoms with Gasteiger partial charge in [-0.15, -0.1) is 24.0 Å². The molecule has 0 radical (unpaired) electrons. The molecular formula is C21H34IN7. The van der Waals surface area contributed by atoms with Crippen LogP contribution in [0.15, 0.2) is 41.7 Å². The molecular weight excluding hydrogens is 477 g/mol. The molecule has 1 aromatic carbocycles. The summed E-state index contributed by atoms with van der Waals surface area (Å²) in [6.45, 7) is 8.96. The van der Waals surface area contributed by atoms with E-state index in [4.69, 9.17) is 4.99 Å². The first-order valence-corrected chi connectivity index (χ1v) is 10.3. The molecule has 1 unspecified atom stereocenters. The molecule has 1 aliphatic rings. The minimum Gasteiger partial charge on any atom is -0.357 e. The number of piperidine rings is 1. The molecule has 1 saturated heterocycles. The number of halogens is 1. The summed E-state index contributed by atoms with van der Waals surface area (Å²) in [5.74, 6) is 2.51. The number of aromatic nitrogens is 3. The van der Waals surface area contributed by atoms with Crippen LogP contribution in [0.2, 0.25) is 0 Å². The zero-order valence-corrected chi connectivity index (χ0v) is 20.0. The molecule has 2 aromatic rings. The molecule has 3 rings (SSSR count). The molecule has 0 spiro atoms. The third kappa shape index (κ3) is 6.95. The monoisotopic (exact) mass is 511 g/mol. The van der Waals surface area contributed by atoms with Crippen molar-refractivity contribution in [2.24, 2.45) is 4.99 Å². The van der Waals surface area contributed by atoms with Crippen LogP contribution in [-0.2, 0) is 6.54 Å². The van der Waals surface area contributed by atoms with Gasteiger partial charge in [-0.05, 0) is 39.3 Å². The fourth-order valence-electron chi connectivity index (χ4n) is 3.59. The van der Waals surface area contributed by atoms with Gasteiger partial charge in [0.25, 0.3) is 0 Å². The lowest BCUT2D eigenvalue weighted by molar-refractivity contribution is 0.252. The molecule has 1 aromatic heterocycles. The summed E-state index contributed by atoms with van der Waals surface area (Å²) < 4.78 is 0. The normalized spacial score (nSPS) is 16.6. The van der Waals surface area contributed by atoms with Crippen molar-refractivity contribution < 1.29 is 0 Å². The van der Waals surface area contributed by atoms with E-state index in [1.54, 1.807) is 6.33 Å². The van der Waals surface area contributed by atoms with Crippen LogP contribution < -0.4 is 5.32 Å². The van der Waals surface area contributed by atoms with Crippen molar-refractivity contribution in [1.29, 1.82) is 0 Å². The van der Waals surface area contributed by atoms with Crippen LogP contribution in [0.5, 0.6) is 0 Å². The third-order valence-corrected chi connectivity index (χ3v) is 5.48. The molecule has 29 heavy (non-hydrogen) atoms. The van der Waals surface area contributed by atoms with E-state index in [-0.39, 0.29) is 24.0 Å². The van der Waals surface area contributed by atoms with E-state index < -0.39 is 0 Å². The summed E-state index contributed by atoms with van der Waals surface area (Å²) in [4.78, 5) is 14.0. The number of benzene rings is 1. The quantitative estimate of drug-likeness (QED) is 0.340. The number of likely N-dealkylation sites (tertiary alicyclic amines) is 1. The first-order chi connectivity index (χ1) is 13.7. The maximum absolute atomic E-state index is 4.94. The summed E-state index contributed by atoms with van der Waals surface area (Å²) in [5, 5.41) is 10.5. The summed E-state index contributed by atoms with van der Waals surface area (Å²) in [6, 6.07) is 11.0. The van der Waals surface area contributed by atoms with Gasteiger partial charge in [0.2, 0.25) is 0 Å². The summed E-state index contributed by atoms with van der Waals surface area (Å²) in [6.07, 6.45) is 3.74. The molecule has 2 heterocycles. The lowest BCUT2D eigenvalue weighted by Gasteiger charge is -2.34. The van der Waals surface area contributed by atoms with Crippen LogP contribution in [0.3, 0.4) is 0 Å². The zero-order valence-electron chi connectivity index (χ0n) is 17.7. The second-order valence-corrected chi connectivity index (χ2v) is 7.58. The first kappa shape index (κ1) is 23.6. The molecule has 2 N–H and O–H groups in total. The second kappa shape index (κ2) is 12.1. The number of likely N-dealkylation sites (N-methyl/N-ethyl adjacent to an activating group) is 1. The first-order valence-electron chi connectivity index (χ1n) is 10.3. The molecule has 160 valence electrons. The average molecular weight is 511 g/mol. The van der Waals surface area contributed by atoms with Gasteiger partial charge in [0.05, 0.1) is 6.54 Å². The van der Waals surface area contributed by atoms with Crippen molar-refractivity contribution in [2.45, 2.75) is 45.2 Å². The third-order valence-electron chi connectivity index (χ3n) is 5.48. The molecule has 1 atom stereocenters. The number of aromatic amines is 1. The molecule has 1 fully saturated rings. The van der Waals surface area contributed by atoms with E-state index in [9.17, 15) is 0 Å². The number of nitrogens with zero attached hydrogens (tertiary/aromatic N) is 5. The number of hydrogen-bond acceptors (Lipinski definition) is 4. The molecule has 0 amide bonds. The largest absolute Gasteiger partial charge is 0.357 e. The maximum Gasteiger partial charge on any atom is 0.193 e. The predicted molar refractivity (Wildman–Crippen MR) is 129 cm³/mol. The van der Waals surface area contributed by atoms with Crippen molar-refractivity contribution >= 4 is 29.9 Å². The van der Waals surface area contributed by atoms with Gasteiger partial charge in [0, 0.05) is 38.1 Å². The minimum absolute atomic E-state index is 0. The number of H-pyrrole nitrogens is 1. The van der Waals surface area contributed by atoms with Crippen molar-refractivity contribution in [3.8, 4) is 0 Å². The molecule has 0 bridgehead atoms. The number of aliphatic imine (C=N–C) groups is 1. The summed E-state index contributed by atoms with van der Waals surface area (Å²) in [7, 11) is 2.17. The van der Waals surface area contributed by atoms with Crippen molar-refractivity contribution in [3.63, 3.8) is 0 Å². The Labute approximate surface area is 191 Å². The second-order valence-electron chi connectivity index (χ2n) is 7.58.